The van der Waals surface area contributed by atoms with Crippen molar-refractivity contribution in [1.82, 2.24) is 4.31 Å². The Morgan fingerprint density at radius 2 is 2.12 bits per heavy atom. The summed E-state index contributed by atoms with van der Waals surface area (Å²) in [4.78, 5) is 12.2. The highest BCUT2D eigenvalue weighted by atomic mass is 35.5. The summed E-state index contributed by atoms with van der Waals surface area (Å²) in [6.07, 6.45) is 1.95. The molecule has 3 rings (SSSR count). The van der Waals surface area contributed by atoms with E-state index in [2.05, 4.69) is 14.9 Å². The highest BCUT2D eigenvalue weighted by molar-refractivity contribution is 7.99. The molecule has 0 bridgehead atoms. The van der Waals surface area contributed by atoms with Crippen molar-refractivity contribution < 1.29 is 15.0 Å². The van der Waals surface area contributed by atoms with Crippen LogP contribution in [-0.2, 0) is 0 Å². The van der Waals surface area contributed by atoms with Gasteiger partial charge in [-0.25, -0.2) is 9.10 Å². The summed E-state index contributed by atoms with van der Waals surface area (Å²) in [5.41, 5.74) is 0.691. The third-order valence-corrected chi connectivity index (χ3v) is 7.08. The molecule has 6 nitrogen and oxygen atoms in total. The molecule has 1 atom stereocenters. The van der Waals surface area contributed by atoms with E-state index in [1.807, 2.05) is 0 Å². The largest absolute Gasteiger partial charge is 0.504 e. The molecule has 2 amide bonds. The minimum Gasteiger partial charge on any atom is -0.504 e. The van der Waals surface area contributed by atoms with Gasteiger partial charge in [0, 0.05) is 18.0 Å². The van der Waals surface area contributed by atoms with Crippen molar-refractivity contribution in [1.29, 1.82) is 0 Å². The Kier molecular flexibility index (Phi) is 6.55. The topological polar surface area (TPSA) is 84.8 Å². The molecule has 1 saturated heterocycles. The van der Waals surface area contributed by atoms with E-state index < -0.39 is 6.03 Å². The van der Waals surface area contributed by atoms with Gasteiger partial charge >= 0.3 is 6.03 Å². The van der Waals surface area contributed by atoms with Gasteiger partial charge in [0.25, 0.3) is 0 Å². The molecule has 1 fully saturated rings. The summed E-state index contributed by atoms with van der Waals surface area (Å²) < 4.78 is 2.72. The fourth-order valence-electron chi connectivity index (χ4n) is 2.58. The first-order chi connectivity index (χ1) is 12.5. The summed E-state index contributed by atoms with van der Waals surface area (Å²) in [5, 5.41) is 27.2. The van der Waals surface area contributed by atoms with Crippen LogP contribution < -0.4 is 10.6 Å². The zero-order valence-corrected chi connectivity index (χ0v) is 16.7. The predicted octanol–water partition coefficient (Wildman–Crippen LogP) is 4.87. The number of anilines is 2. The molecule has 0 spiro atoms. The monoisotopic (exact) mass is 433 g/mol. The van der Waals surface area contributed by atoms with Gasteiger partial charge in [0.1, 0.15) is 4.21 Å². The molecule has 26 heavy (non-hydrogen) atoms. The molecule has 1 aliphatic heterocycles. The van der Waals surface area contributed by atoms with E-state index in [0.29, 0.717) is 20.6 Å². The van der Waals surface area contributed by atoms with Gasteiger partial charge in [-0.15, -0.1) is 11.3 Å². The SMILES string of the molecule is O=C(Nc1csc(SN2CCC[C@@H]2CO)c1O)Nc1cccc(Cl)c1Cl. The second kappa shape index (κ2) is 8.69. The van der Waals surface area contributed by atoms with E-state index in [1.165, 1.54) is 23.3 Å². The van der Waals surface area contributed by atoms with Crippen molar-refractivity contribution in [2.24, 2.45) is 0 Å². The standard InChI is InChI=1S/C16H17Cl2N3O3S2/c17-10-4-1-5-11(13(10)18)19-16(24)20-12-8-25-15(14(12)23)26-21-6-2-3-9(21)7-22/h1,4-5,8-9,22-23H,2-3,6-7H2,(H2,19,20,24)/t9-/m1/s1. The van der Waals surface area contributed by atoms with Gasteiger partial charge in [-0.1, -0.05) is 29.3 Å². The van der Waals surface area contributed by atoms with Gasteiger partial charge in [0.15, 0.2) is 5.75 Å². The van der Waals surface area contributed by atoms with Crippen LogP contribution in [0.1, 0.15) is 12.8 Å². The number of carbonyl (C=O) groups is 1. The minimum absolute atomic E-state index is 0.0101. The molecule has 1 aliphatic rings. The maximum atomic E-state index is 12.2. The van der Waals surface area contributed by atoms with Crippen LogP contribution in [-0.4, -0.2) is 39.7 Å². The third-order valence-electron chi connectivity index (χ3n) is 3.91. The molecule has 140 valence electrons. The molecule has 0 aliphatic carbocycles. The van der Waals surface area contributed by atoms with Crippen LogP contribution >= 0.6 is 46.5 Å². The van der Waals surface area contributed by atoms with Crippen molar-refractivity contribution in [2.45, 2.75) is 23.1 Å². The zero-order chi connectivity index (χ0) is 18.7. The average molecular weight is 434 g/mol. The quantitative estimate of drug-likeness (QED) is 0.505. The fourth-order valence-corrected chi connectivity index (χ4v) is 5.10. The van der Waals surface area contributed by atoms with Crippen molar-refractivity contribution in [2.75, 3.05) is 23.8 Å². The molecule has 0 saturated carbocycles. The number of aliphatic hydroxyl groups is 1. The summed E-state index contributed by atoms with van der Waals surface area (Å²) in [5.74, 6) is 0.0101. The van der Waals surface area contributed by atoms with Gasteiger partial charge in [-0.05, 0) is 36.9 Å². The van der Waals surface area contributed by atoms with Crippen molar-refractivity contribution >= 4 is 63.9 Å². The molecule has 0 unspecified atom stereocenters. The van der Waals surface area contributed by atoms with E-state index in [1.54, 1.807) is 23.6 Å². The summed E-state index contributed by atoms with van der Waals surface area (Å²) in [6, 6.07) is 4.48. The molecule has 0 radical (unpaired) electrons. The van der Waals surface area contributed by atoms with E-state index in [9.17, 15) is 15.0 Å². The van der Waals surface area contributed by atoms with Crippen LogP contribution in [0.25, 0.3) is 0 Å². The number of hydrogen-bond acceptors (Lipinski definition) is 6. The van der Waals surface area contributed by atoms with Crippen LogP contribution in [0.3, 0.4) is 0 Å². The first kappa shape index (κ1) is 19.6. The van der Waals surface area contributed by atoms with E-state index in [0.717, 1.165) is 19.4 Å². The Labute approximate surface area is 169 Å². The van der Waals surface area contributed by atoms with Crippen LogP contribution in [0.15, 0.2) is 27.8 Å². The van der Waals surface area contributed by atoms with Gasteiger partial charge in [-0.2, -0.15) is 0 Å². The second-order valence-electron chi connectivity index (χ2n) is 5.68. The molecule has 10 heteroatoms. The number of rotatable bonds is 5. The Bertz CT molecular complexity index is 803. The average Bonchev–Trinajstić information content (AvgIpc) is 3.20. The van der Waals surface area contributed by atoms with Gasteiger partial charge in [0.05, 0.1) is 28.0 Å². The number of carbonyl (C=O) groups excluding carboxylic acids is 1. The van der Waals surface area contributed by atoms with Gasteiger partial charge in [0.2, 0.25) is 0 Å². The smallest absolute Gasteiger partial charge is 0.323 e. The molecule has 2 heterocycles. The molecular formula is C16H17Cl2N3O3S2. The Balaban J connectivity index is 1.64. The maximum Gasteiger partial charge on any atom is 0.323 e. The van der Waals surface area contributed by atoms with Crippen molar-refractivity contribution in [3.05, 3.63) is 33.6 Å². The number of aliphatic hydroxyl groups excluding tert-OH is 1. The molecule has 2 aromatic rings. The minimum atomic E-state index is -0.534. The third kappa shape index (κ3) is 4.39. The van der Waals surface area contributed by atoms with E-state index in [4.69, 9.17) is 23.2 Å². The van der Waals surface area contributed by atoms with E-state index >= 15 is 0 Å². The maximum absolute atomic E-state index is 12.2. The highest BCUT2D eigenvalue weighted by Gasteiger charge is 2.27. The lowest BCUT2D eigenvalue weighted by atomic mass is 10.2. The Morgan fingerprint density at radius 1 is 1.35 bits per heavy atom. The fraction of sp³-hybridized carbons (Fsp3) is 0.312. The number of nitrogens with zero attached hydrogens (tertiary/aromatic N) is 1. The molecule has 4 N–H and O–H groups in total. The molecule has 1 aromatic heterocycles. The number of nitrogens with one attached hydrogen (secondary N) is 2. The van der Waals surface area contributed by atoms with Gasteiger partial charge in [-0.3, -0.25) is 0 Å². The Morgan fingerprint density at radius 3 is 2.88 bits per heavy atom. The van der Waals surface area contributed by atoms with Gasteiger partial charge < -0.3 is 20.8 Å². The first-order valence-corrected chi connectivity index (χ1v) is 10.3. The van der Waals surface area contributed by atoms with Crippen LogP contribution in [0.4, 0.5) is 16.2 Å². The van der Waals surface area contributed by atoms with Crippen molar-refractivity contribution in [3.63, 3.8) is 0 Å². The van der Waals surface area contributed by atoms with Crippen LogP contribution in [0.5, 0.6) is 5.75 Å². The summed E-state index contributed by atoms with van der Waals surface area (Å²) >= 11 is 14.7. The predicted molar refractivity (Wildman–Crippen MR) is 108 cm³/mol. The number of aromatic hydroxyl groups is 1. The highest BCUT2D eigenvalue weighted by Crippen LogP contribution is 2.44. The number of amides is 2. The summed E-state index contributed by atoms with van der Waals surface area (Å²) in [7, 11) is 0. The molecular weight excluding hydrogens is 417 g/mol. The lowest BCUT2D eigenvalue weighted by molar-refractivity contribution is 0.221. The van der Waals surface area contributed by atoms with Crippen LogP contribution in [0.2, 0.25) is 10.0 Å². The second-order valence-corrected chi connectivity index (χ2v) is 8.66. The zero-order valence-electron chi connectivity index (χ0n) is 13.5. The lowest BCUT2D eigenvalue weighted by Gasteiger charge is -2.20. The number of halogens is 2. The number of benzene rings is 1. The molecule has 1 aromatic carbocycles. The van der Waals surface area contributed by atoms with E-state index in [-0.39, 0.29) is 23.4 Å². The Hall–Kier alpha value is -1.16. The van der Waals surface area contributed by atoms with Crippen molar-refractivity contribution in [3.8, 4) is 5.75 Å². The number of urea groups is 1. The first-order valence-electron chi connectivity index (χ1n) is 7.87. The number of thiophene rings is 1. The normalized spacial score (nSPS) is 17.4. The van der Waals surface area contributed by atoms with Crippen LogP contribution in [0, 0.1) is 0 Å². The summed E-state index contributed by atoms with van der Waals surface area (Å²) in [6.45, 7) is 0.941. The number of hydrogen-bond donors (Lipinski definition) is 4. The lowest BCUT2D eigenvalue weighted by Crippen LogP contribution is -2.25.